The minimum Gasteiger partial charge on any atom is -0.311 e. The number of carbonyl (C=O) groups is 1. The first-order valence-electron chi connectivity index (χ1n) is 6.05. The second-order valence-corrected chi connectivity index (χ2v) is 4.97. The molecule has 2 unspecified atom stereocenters. The summed E-state index contributed by atoms with van der Waals surface area (Å²) in [6, 6.07) is 1.46. The lowest BCUT2D eigenvalue weighted by molar-refractivity contribution is -0.120. The molecular formula is C12H21NO. The van der Waals surface area contributed by atoms with E-state index in [2.05, 4.69) is 12.2 Å². The molecule has 0 aliphatic carbocycles. The van der Waals surface area contributed by atoms with Gasteiger partial charge in [-0.1, -0.05) is 6.92 Å². The second kappa shape index (κ2) is 4.43. The molecule has 1 N–H and O–H groups in total. The molecule has 0 saturated carbocycles. The van der Waals surface area contributed by atoms with Crippen molar-refractivity contribution in [3.63, 3.8) is 0 Å². The molecule has 0 spiro atoms. The average molecular weight is 195 g/mol. The van der Waals surface area contributed by atoms with Crippen molar-refractivity contribution >= 4 is 5.78 Å². The number of ketones is 1. The first-order chi connectivity index (χ1) is 6.78. The molecule has 2 aliphatic heterocycles. The number of hydrogen-bond acceptors (Lipinski definition) is 2. The van der Waals surface area contributed by atoms with Crippen LogP contribution in [0.15, 0.2) is 0 Å². The maximum Gasteiger partial charge on any atom is 0.133 e. The third kappa shape index (κ3) is 2.35. The van der Waals surface area contributed by atoms with Crippen molar-refractivity contribution in [2.24, 2.45) is 5.92 Å². The van der Waals surface area contributed by atoms with Gasteiger partial charge in [0.25, 0.3) is 0 Å². The molecule has 0 radical (unpaired) electrons. The van der Waals surface area contributed by atoms with Gasteiger partial charge in [-0.3, -0.25) is 4.79 Å². The standard InChI is InChI=1S/C12H21NO/c1-2-3-12(14)8-9-6-10-4-5-11(7-9)13-10/h9-11,13H,2-8H2,1H3. The Bertz CT molecular complexity index is 202. The van der Waals surface area contributed by atoms with Gasteiger partial charge in [0.2, 0.25) is 0 Å². The summed E-state index contributed by atoms with van der Waals surface area (Å²) in [6.07, 6.45) is 7.81. The van der Waals surface area contributed by atoms with Crippen LogP contribution in [-0.2, 0) is 4.79 Å². The van der Waals surface area contributed by atoms with E-state index in [9.17, 15) is 4.79 Å². The highest BCUT2D eigenvalue weighted by Gasteiger charge is 2.33. The lowest BCUT2D eigenvalue weighted by Crippen LogP contribution is -2.38. The summed E-state index contributed by atoms with van der Waals surface area (Å²) in [5.74, 6) is 1.17. The number of carbonyl (C=O) groups excluding carboxylic acids is 1. The average Bonchev–Trinajstić information content (AvgIpc) is 2.46. The monoisotopic (exact) mass is 195 g/mol. The highest BCUT2D eigenvalue weighted by atomic mass is 16.1. The van der Waals surface area contributed by atoms with Gasteiger partial charge in [0.1, 0.15) is 5.78 Å². The van der Waals surface area contributed by atoms with Gasteiger partial charge >= 0.3 is 0 Å². The highest BCUT2D eigenvalue weighted by molar-refractivity contribution is 5.78. The molecule has 2 aliphatic rings. The molecule has 0 aromatic carbocycles. The lowest BCUT2D eigenvalue weighted by atomic mass is 9.87. The van der Waals surface area contributed by atoms with Crippen LogP contribution >= 0.6 is 0 Å². The Morgan fingerprint density at radius 1 is 1.29 bits per heavy atom. The van der Waals surface area contributed by atoms with Crippen LogP contribution in [0, 0.1) is 5.92 Å². The van der Waals surface area contributed by atoms with E-state index in [0.29, 0.717) is 11.7 Å². The quantitative estimate of drug-likeness (QED) is 0.745. The molecule has 2 rings (SSSR count). The van der Waals surface area contributed by atoms with E-state index in [-0.39, 0.29) is 0 Å². The Kier molecular flexibility index (Phi) is 3.22. The normalized spacial score (nSPS) is 35.9. The molecule has 2 atom stereocenters. The zero-order valence-corrected chi connectivity index (χ0v) is 9.09. The largest absolute Gasteiger partial charge is 0.311 e. The molecule has 2 saturated heterocycles. The summed E-state index contributed by atoms with van der Waals surface area (Å²) in [7, 11) is 0. The van der Waals surface area contributed by atoms with E-state index in [1.807, 2.05) is 0 Å². The van der Waals surface area contributed by atoms with Crippen LogP contribution in [0.4, 0.5) is 0 Å². The summed E-state index contributed by atoms with van der Waals surface area (Å²) in [5, 5.41) is 3.61. The summed E-state index contributed by atoms with van der Waals surface area (Å²) >= 11 is 0. The lowest BCUT2D eigenvalue weighted by Gasteiger charge is -2.28. The minimum atomic E-state index is 0.485. The van der Waals surface area contributed by atoms with Crippen LogP contribution in [0.3, 0.4) is 0 Å². The highest BCUT2D eigenvalue weighted by Crippen LogP contribution is 2.32. The minimum absolute atomic E-state index is 0.485. The van der Waals surface area contributed by atoms with Crippen molar-refractivity contribution in [3.8, 4) is 0 Å². The Hall–Kier alpha value is -0.370. The van der Waals surface area contributed by atoms with Crippen LogP contribution in [0.1, 0.15) is 51.9 Å². The predicted molar refractivity (Wildman–Crippen MR) is 57.2 cm³/mol. The fraction of sp³-hybridized carbons (Fsp3) is 0.917. The van der Waals surface area contributed by atoms with Gasteiger partial charge in [0.05, 0.1) is 0 Å². The molecule has 2 nitrogen and oxygen atoms in total. The van der Waals surface area contributed by atoms with Gasteiger partial charge in [-0.05, 0) is 38.0 Å². The van der Waals surface area contributed by atoms with E-state index in [1.165, 1.54) is 25.7 Å². The molecule has 80 valence electrons. The number of Topliss-reactive ketones (excluding diaryl/α,β-unsaturated/α-hetero) is 1. The molecule has 0 aromatic heterocycles. The first-order valence-corrected chi connectivity index (χ1v) is 6.05. The van der Waals surface area contributed by atoms with Gasteiger partial charge in [-0.25, -0.2) is 0 Å². The summed E-state index contributed by atoms with van der Waals surface area (Å²) in [6.45, 7) is 2.09. The maximum atomic E-state index is 11.5. The Balaban J connectivity index is 1.79. The third-order valence-corrected chi connectivity index (χ3v) is 3.62. The van der Waals surface area contributed by atoms with Crippen molar-refractivity contribution in [1.82, 2.24) is 5.32 Å². The summed E-state index contributed by atoms with van der Waals surface area (Å²) in [5.41, 5.74) is 0. The topological polar surface area (TPSA) is 29.1 Å². The van der Waals surface area contributed by atoms with E-state index in [1.54, 1.807) is 0 Å². The van der Waals surface area contributed by atoms with Gasteiger partial charge in [-0.15, -0.1) is 0 Å². The van der Waals surface area contributed by atoms with Crippen molar-refractivity contribution < 1.29 is 4.79 Å². The zero-order valence-electron chi connectivity index (χ0n) is 9.09. The van der Waals surface area contributed by atoms with Crippen molar-refractivity contribution in [2.75, 3.05) is 0 Å². The molecule has 2 fully saturated rings. The zero-order chi connectivity index (χ0) is 9.97. The number of fused-ring (bicyclic) bond motifs is 2. The Morgan fingerprint density at radius 3 is 2.50 bits per heavy atom. The molecule has 0 amide bonds. The van der Waals surface area contributed by atoms with Gasteiger partial charge in [0.15, 0.2) is 0 Å². The summed E-state index contributed by atoms with van der Waals surface area (Å²) < 4.78 is 0. The van der Waals surface area contributed by atoms with Crippen LogP contribution in [0.2, 0.25) is 0 Å². The fourth-order valence-electron chi connectivity index (χ4n) is 3.04. The number of piperidine rings is 1. The molecule has 2 bridgehead atoms. The van der Waals surface area contributed by atoms with Crippen LogP contribution in [0.5, 0.6) is 0 Å². The van der Waals surface area contributed by atoms with Crippen LogP contribution in [-0.4, -0.2) is 17.9 Å². The van der Waals surface area contributed by atoms with E-state index < -0.39 is 0 Å². The second-order valence-electron chi connectivity index (χ2n) is 4.97. The van der Waals surface area contributed by atoms with Crippen molar-refractivity contribution in [1.29, 1.82) is 0 Å². The van der Waals surface area contributed by atoms with Crippen molar-refractivity contribution in [2.45, 2.75) is 64.0 Å². The smallest absolute Gasteiger partial charge is 0.133 e. The molecule has 14 heavy (non-hydrogen) atoms. The van der Waals surface area contributed by atoms with Gasteiger partial charge in [0, 0.05) is 24.9 Å². The molecule has 0 aromatic rings. The summed E-state index contributed by atoms with van der Waals surface area (Å²) in [4.78, 5) is 11.5. The van der Waals surface area contributed by atoms with Crippen LogP contribution < -0.4 is 5.32 Å². The first kappa shape index (κ1) is 10.2. The van der Waals surface area contributed by atoms with Gasteiger partial charge < -0.3 is 5.32 Å². The van der Waals surface area contributed by atoms with E-state index >= 15 is 0 Å². The molecular weight excluding hydrogens is 174 g/mol. The maximum absolute atomic E-state index is 11.5. The SMILES string of the molecule is CCCC(=O)CC1CC2CCC(C1)N2. The van der Waals surface area contributed by atoms with Crippen LogP contribution in [0.25, 0.3) is 0 Å². The number of hydrogen-bond donors (Lipinski definition) is 1. The third-order valence-electron chi connectivity index (χ3n) is 3.62. The van der Waals surface area contributed by atoms with Crippen molar-refractivity contribution in [3.05, 3.63) is 0 Å². The molecule has 2 heteroatoms. The Labute approximate surface area is 86.5 Å². The number of nitrogens with one attached hydrogen (secondary N) is 1. The Morgan fingerprint density at radius 2 is 1.93 bits per heavy atom. The van der Waals surface area contributed by atoms with E-state index in [0.717, 1.165) is 31.3 Å². The molecule has 2 heterocycles. The predicted octanol–water partition coefficient (Wildman–Crippen LogP) is 2.28. The number of rotatable bonds is 4. The fourth-order valence-corrected chi connectivity index (χ4v) is 3.04. The van der Waals surface area contributed by atoms with E-state index in [4.69, 9.17) is 0 Å². The van der Waals surface area contributed by atoms with Gasteiger partial charge in [-0.2, -0.15) is 0 Å².